The van der Waals surface area contributed by atoms with Gasteiger partial charge in [-0.2, -0.15) is 0 Å². The van der Waals surface area contributed by atoms with Gasteiger partial charge in [0.15, 0.2) is 0 Å². The van der Waals surface area contributed by atoms with Crippen LogP contribution in [-0.2, 0) is 6.54 Å². The van der Waals surface area contributed by atoms with E-state index in [0.29, 0.717) is 0 Å². The second-order valence-corrected chi connectivity index (χ2v) is 4.57. The number of aromatic nitrogens is 3. The number of hydrogen-bond acceptors (Lipinski definition) is 3. The standard InChI is InChI=1S/C14H20N4/c1-4-5-15-8-13-9-16-14(18-13)12-6-10(2)17-11(3)7-12/h6-7,9,15H,4-5,8H2,1-3H3,(H,16,18). The first-order valence-electron chi connectivity index (χ1n) is 6.39. The zero-order valence-electron chi connectivity index (χ0n) is 11.2. The van der Waals surface area contributed by atoms with Gasteiger partial charge < -0.3 is 10.3 Å². The van der Waals surface area contributed by atoms with Crippen LogP contribution in [0.3, 0.4) is 0 Å². The zero-order valence-corrected chi connectivity index (χ0v) is 11.2. The lowest BCUT2D eigenvalue weighted by Crippen LogP contribution is -2.13. The molecule has 2 aromatic rings. The molecular weight excluding hydrogens is 224 g/mol. The molecule has 2 heterocycles. The van der Waals surface area contributed by atoms with Crippen LogP contribution in [0.1, 0.15) is 30.4 Å². The molecule has 0 saturated carbocycles. The van der Waals surface area contributed by atoms with Crippen LogP contribution < -0.4 is 5.32 Å². The summed E-state index contributed by atoms with van der Waals surface area (Å²) in [6.45, 7) is 8.03. The van der Waals surface area contributed by atoms with Crippen molar-refractivity contribution in [3.05, 3.63) is 35.4 Å². The molecule has 2 aromatic heterocycles. The fraction of sp³-hybridized carbons (Fsp3) is 0.429. The highest BCUT2D eigenvalue weighted by Crippen LogP contribution is 2.17. The van der Waals surface area contributed by atoms with E-state index in [0.717, 1.165) is 48.0 Å². The molecule has 2 N–H and O–H groups in total. The van der Waals surface area contributed by atoms with Gasteiger partial charge in [0.2, 0.25) is 0 Å². The van der Waals surface area contributed by atoms with E-state index in [4.69, 9.17) is 0 Å². The Morgan fingerprint density at radius 2 is 1.94 bits per heavy atom. The summed E-state index contributed by atoms with van der Waals surface area (Å²) in [5, 5.41) is 3.36. The van der Waals surface area contributed by atoms with Crippen LogP contribution in [-0.4, -0.2) is 21.5 Å². The van der Waals surface area contributed by atoms with Crippen molar-refractivity contribution in [1.82, 2.24) is 20.3 Å². The summed E-state index contributed by atoms with van der Waals surface area (Å²) < 4.78 is 0. The average Bonchev–Trinajstić information content (AvgIpc) is 2.77. The summed E-state index contributed by atoms with van der Waals surface area (Å²) in [5.41, 5.74) is 4.26. The Morgan fingerprint density at radius 1 is 1.22 bits per heavy atom. The molecule has 0 aliphatic rings. The Balaban J connectivity index is 2.13. The number of H-pyrrole nitrogens is 1. The van der Waals surface area contributed by atoms with E-state index in [1.807, 2.05) is 20.0 Å². The van der Waals surface area contributed by atoms with E-state index < -0.39 is 0 Å². The molecule has 4 nitrogen and oxygen atoms in total. The van der Waals surface area contributed by atoms with Gasteiger partial charge in [-0.1, -0.05) is 6.92 Å². The Labute approximate surface area is 108 Å². The molecule has 0 spiro atoms. The second-order valence-electron chi connectivity index (χ2n) is 4.57. The van der Waals surface area contributed by atoms with E-state index in [1.54, 1.807) is 0 Å². The molecule has 0 fully saturated rings. The van der Waals surface area contributed by atoms with Gasteiger partial charge >= 0.3 is 0 Å². The van der Waals surface area contributed by atoms with Crippen molar-refractivity contribution in [2.75, 3.05) is 6.54 Å². The minimum Gasteiger partial charge on any atom is -0.341 e. The molecule has 0 unspecified atom stereocenters. The molecule has 0 aliphatic carbocycles. The molecule has 0 aromatic carbocycles. The van der Waals surface area contributed by atoms with Gasteiger partial charge in [0.1, 0.15) is 5.82 Å². The Bertz CT molecular complexity index is 496. The highest BCUT2D eigenvalue weighted by molar-refractivity contribution is 5.56. The Kier molecular flexibility index (Phi) is 4.10. The largest absolute Gasteiger partial charge is 0.341 e. The first-order valence-corrected chi connectivity index (χ1v) is 6.39. The van der Waals surface area contributed by atoms with Gasteiger partial charge in [0.25, 0.3) is 0 Å². The third kappa shape index (κ3) is 3.17. The molecule has 0 amide bonds. The van der Waals surface area contributed by atoms with Gasteiger partial charge in [0, 0.05) is 35.4 Å². The number of aryl methyl sites for hydroxylation is 2. The molecule has 96 valence electrons. The third-order valence-electron chi connectivity index (χ3n) is 2.73. The topological polar surface area (TPSA) is 53.6 Å². The fourth-order valence-corrected chi connectivity index (χ4v) is 1.97. The number of rotatable bonds is 5. The predicted molar refractivity (Wildman–Crippen MR) is 73.3 cm³/mol. The van der Waals surface area contributed by atoms with Crippen molar-refractivity contribution >= 4 is 0 Å². The van der Waals surface area contributed by atoms with Gasteiger partial charge in [-0.05, 0) is 38.9 Å². The number of hydrogen-bond donors (Lipinski definition) is 2. The maximum atomic E-state index is 4.42. The van der Waals surface area contributed by atoms with E-state index in [1.165, 1.54) is 0 Å². The van der Waals surface area contributed by atoms with Crippen molar-refractivity contribution in [2.24, 2.45) is 0 Å². The highest BCUT2D eigenvalue weighted by atomic mass is 15.0. The summed E-state index contributed by atoms with van der Waals surface area (Å²) in [6.07, 6.45) is 3.03. The van der Waals surface area contributed by atoms with Crippen molar-refractivity contribution in [1.29, 1.82) is 0 Å². The van der Waals surface area contributed by atoms with Crippen LogP contribution in [0.25, 0.3) is 11.4 Å². The Morgan fingerprint density at radius 3 is 2.61 bits per heavy atom. The Hall–Kier alpha value is -1.68. The van der Waals surface area contributed by atoms with Crippen LogP contribution in [0.4, 0.5) is 0 Å². The molecular formula is C14H20N4. The SMILES string of the molecule is CCCNCc1cnc(-c2cc(C)nc(C)c2)[nH]1. The molecule has 18 heavy (non-hydrogen) atoms. The molecule has 0 saturated heterocycles. The smallest absolute Gasteiger partial charge is 0.137 e. The zero-order chi connectivity index (χ0) is 13.0. The lowest BCUT2D eigenvalue weighted by Gasteiger charge is -2.02. The summed E-state index contributed by atoms with van der Waals surface area (Å²) in [4.78, 5) is 12.1. The van der Waals surface area contributed by atoms with Crippen molar-refractivity contribution < 1.29 is 0 Å². The van der Waals surface area contributed by atoms with E-state index in [9.17, 15) is 0 Å². The first-order chi connectivity index (χ1) is 8.69. The summed E-state index contributed by atoms with van der Waals surface area (Å²) >= 11 is 0. The molecule has 2 rings (SSSR count). The summed E-state index contributed by atoms with van der Waals surface area (Å²) in [6, 6.07) is 4.10. The number of pyridine rings is 1. The first kappa shape index (κ1) is 12.8. The fourth-order valence-electron chi connectivity index (χ4n) is 1.97. The quantitative estimate of drug-likeness (QED) is 0.795. The van der Waals surface area contributed by atoms with Gasteiger partial charge in [0.05, 0.1) is 0 Å². The number of nitrogens with one attached hydrogen (secondary N) is 2. The summed E-state index contributed by atoms with van der Waals surface area (Å²) in [7, 11) is 0. The van der Waals surface area contributed by atoms with Crippen LogP contribution in [0, 0.1) is 13.8 Å². The molecule has 0 bridgehead atoms. The number of imidazole rings is 1. The molecule has 0 aliphatic heterocycles. The predicted octanol–water partition coefficient (Wildman–Crippen LogP) is 2.59. The van der Waals surface area contributed by atoms with Gasteiger partial charge in [-0.3, -0.25) is 4.98 Å². The van der Waals surface area contributed by atoms with E-state index >= 15 is 0 Å². The van der Waals surface area contributed by atoms with Crippen molar-refractivity contribution in [2.45, 2.75) is 33.7 Å². The van der Waals surface area contributed by atoms with Gasteiger partial charge in [-0.25, -0.2) is 4.98 Å². The van der Waals surface area contributed by atoms with Crippen LogP contribution in [0.2, 0.25) is 0 Å². The third-order valence-corrected chi connectivity index (χ3v) is 2.73. The normalized spacial score (nSPS) is 10.8. The maximum Gasteiger partial charge on any atom is 0.137 e. The highest BCUT2D eigenvalue weighted by Gasteiger charge is 2.05. The molecule has 0 radical (unpaired) electrons. The van der Waals surface area contributed by atoms with Crippen molar-refractivity contribution in [3.63, 3.8) is 0 Å². The van der Waals surface area contributed by atoms with E-state index in [2.05, 4.69) is 39.3 Å². The maximum absolute atomic E-state index is 4.42. The minimum absolute atomic E-state index is 0.837. The van der Waals surface area contributed by atoms with Crippen LogP contribution in [0.5, 0.6) is 0 Å². The number of aromatic amines is 1. The second kappa shape index (κ2) is 5.78. The summed E-state index contributed by atoms with van der Waals surface area (Å²) in [5.74, 6) is 0.914. The monoisotopic (exact) mass is 244 g/mol. The van der Waals surface area contributed by atoms with Crippen LogP contribution in [0.15, 0.2) is 18.3 Å². The molecule has 4 heteroatoms. The number of nitrogens with zero attached hydrogens (tertiary/aromatic N) is 2. The lowest BCUT2D eigenvalue weighted by atomic mass is 10.2. The van der Waals surface area contributed by atoms with Gasteiger partial charge in [-0.15, -0.1) is 0 Å². The molecule has 0 atom stereocenters. The minimum atomic E-state index is 0.837. The van der Waals surface area contributed by atoms with Crippen LogP contribution >= 0.6 is 0 Å². The van der Waals surface area contributed by atoms with E-state index in [-0.39, 0.29) is 0 Å². The average molecular weight is 244 g/mol. The van der Waals surface area contributed by atoms with Crippen molar-refractivity contribution in [3.8, 4) is 11.4 Å². The lowest BCUT2D eigenvalue weighted by molar-refractivity contribution is 0.667.